The summed E-state index contributed by atoms with van der Waals surface area (Å²) >= 11 is 0. The van der Waals surface area contributed by atoms with Gasteiger partial charge in [0.25, 0.3) is 5.91 Å². The standard InChI is InChI=1S/C13H12N4O4/c1-7-14-11(16-15-7)12(18)17-6-10(13(19)20)21-9-5-3-2-4-8(9)17/h2-5,10H,6H2,1H3,(H,19,20)(H,14,15,16). The summed E-state index contributed by atoms with van der Waals surface area (Å²) in [6.45, 7) is 1.58. The van der Waals surface area contributed by atoms with Crippen molar-refractivity contribution in [3.63, 3.8) is 0 Å². The molecule has 2 heterocycles. The first-order valence-electron chi connectivity index (χ1n) is 6.25. The third-order valence-corrected chi connectivity index (χ3v) is 3.08. The van der Waals surface area contributed by atoms with E-state index in [0.717, 1.165) is 0 Å². The van der Waals surface area contributed by atoms with Crippen molar-refractivity contribution in [2.24, 2.45) is 0 Å². The number of hydrogen-bond acceptors (Lipinski definition) is 5. The highest BCUT2D eigenvalue weighted by molar-refractivity contribution is 6.05. The molecule has 2 N–H and O–H groups in total. The fourth-order valence-corrected chi connectivity index (χ4v) is 2.11. The third kappa shape index (κ3) is 2.31. The molecule has 2 aromatic rings. The van der Waals surface area contributed by atoms with Crippen molar-refractivity contribution in [2.45, 2.75) is 13.0 Å². The van der Waals surface area contributed by atoms with E-state index in [-0.39, 0.29) is 12.4 Å². The van der Waals surface area contributed by atoms with Gasteiger partial charge in [-0.15, -0.1) is 5.10 Å². The number of fused-ring (bicyclic) bond motifs is 1. The smallest absolute Gasteiger partial charge is 0.346 e. The number of ether oxygens (including phenoxy) is 1. The maximum atomic E-state index is 12.5. The number of carbonyl (C=O) groups is 2. The highest BCUT2D eigenvalue weighted by Gasteiger charge is 2.35. The Labute approximate surface area is 119 Å². The molecule has 8 heteroatoms. The zero-order valence-corrected chi connectivity index (χ0v) is 11.1. The van der Waals surface area contributed by atoms with Crippen molar-refractivity contribution < 1.29 is 19.4 Å². The molecule has 3 rings (SSSR count). The molecule has 1 unspecified atom stereocenters. The third-order valence-electron chi connectivity index (χ3n) is 3.08. The number of aliphatic carboxylic acids is 1. The zero-order valence-electron chi connectivity index (χ0n) is 11.1. The Morgan fingerprint density at radius 1 is 1.43 bits per heavy atom. The summed E-state index contributed by atoms with van der Waals surface area (Å²) in [5.74, 6) is -0.755. The van der Waals surface area contributed by atoms with Gasteiger partial charge in [-0.2, -0.15) is 0 Å². The number of para-hydroxylation sites is 2. The van der Waals surface area contributed by atoms with Crippen molar-refractivity contribution in [1.29, 1.82) is 0 Å². The molecular formula is C13H12N4O4. The van der Waals surface area contributed by atoms with E-state index in [0.29, 0.717) is 17.3 Å². The Morgan fingerprint density at radius 2 is 2.19 bits per heavy atom. The molecule has 0 fully saturated rings. The average Bonchev–Trinajstić information content (AvgIpc) is 2.92. The van der Waals surface area contributed by atoms with E-state index in [1.165, 1.54) is 4.90 Å². The molecule has 1 aromatic heterocycles. The van der Waals surface area contributed by atoms with Crippen LogP contribution >= 0.6 is 0 Å². The van der Waals surface area contributed by atoms with E-state index < -0.39 is 18.0 Å². The number of anilines is 1. The molecule has 1 aliphatic heterocycles. The summed E-state index contributed by atoms with van der Waals surface area (Å²) in [5.41, 5.74) is 0.502. The number of rotatable bonds is 2. The van der Waals surface area contributed by atoms with Gasteiger partial charge in [-0.25, -0.2) is 9.78 Å². The van der Waals surface area contributed by atoms with E-state index in [1.807, 2.05) is 0 Å². The topological polar surface area (TPSA) is 108 Å². The van der Waals surface area contributed by atoms with E-state index in [1.54, 1.807) is 31.2 Å². The summed E-state index contributed by atoms with van der Waals surface area (Å²) in [6, 6.07) is 6.76. The Balaban J connectivity index is 2.00. The SMILES string of the molecule is Cc1nc(C(=O)N2CC(C(=O)O)Oc3ccccc32)n[nH]1. The van der Waals surface area contributed by atoms with Crippen LogP contribution in [0.4, 0.5) is 5.69 Å². The van der Waals surface area contributed by atoms with Gasteiger partial charge in [-0.1, -0.05) is 12.1 Å². The van der Waals surface area contributed by atoms with Crippen LogP contribution in [0.2, 0.25) is 0 Å². The Bertz CT molecular complexity index is 712. The van der Waals surface area contributed by atoms with E-state index in [9.17, 15) is 9.59 Å². The first-order valence-corrected chi connectivity index (χ1v) is 6.25. The van der Waals surface area contributed by atoms with Crippen molar-refractivity contribution in [2.75, 3.05) is 11.4 Å². The van der Waals surface area contributed by atoms with Gasteiger partial charge in [0.05, 0.1) is 12.2 Å². The lowest BCUT2D eigenvalue weighted by molar-refractivity contribution is -0.144. The van der Waals surface area contributed by atoms with E-state index in [2.05, 4.69) is 15.2 Å². The van der Waals surface area contributed by atoms with Crippen LogP contribution in [0.3, 0.4) is 0 Å². The molecule has 108 valence electrons. The number of amides is 1. The minimum Gasteiger partial charge on any atom is -0.478 e. The monoisotopic (exact) mass is 288 g/mol. The molecule has 1 aliphatic rings. The van der Waals surface area contributed by atoms with Crippen LogP contribution in [0, 0.1) is 6.92 Å². The number of carboxylic acids is 1. The maximum Gasteiger partial charge on any atom is 0.346 e. The molecule has 0 radical (unpaired) electrons. The largest absolute Gasteiger partial charge is 0.478 e. The number of hydrogen-bond donors (Lipinski definition) is 2. The minimum absolute atomic E-state index is 0.00616. The van der Waals surface area contributed by atoms with Crippen LogP contribution in [0.5, 0.6) is 5.75 Å². The predicted molar refractivity (Wildman–Crippen MR) is 71.3 cm³/mol. The number of aromatic nitrogens is 3. The van der Waals surface area contributed by atoms with Gasteiger partial charge >= 0.3 is 5.97 Å². The predicted octanol–water partition coefficient (Wildman–Crippen LogP) is 0.606. The molecule has 1 aromatic carbocycles. The lowest BCUT2D eigenvalue weighted by Crippen LogP contribution is -2.47. The number of aromatic amines is 1. The van der Waals surface area contributed by atoms with Gasteiger partial charge in [0, 0.05) is 0 Å². The second-order valence-corrected chi connectivity index (χ2v) is 4.57. The second kappa shape index (κ2) is 4.89. The Kier molecular flexibility index (Phi) is 3.05. The van der Waals surface area contributed by atoms with Crippen molar-refractivity contribution in [1.82, 2.24) is 15.2 Å². The van der Waals surface area contributed by atoms with Gasteiger partial charge in [-0.3, -0.25) is 14.8 Å². The highest BCUT2D eigenvalue weighted by Crippen LogP contribution is 2.33. The first-order chi connectivity index (χ1) is 10.1. The van der Waals surface area contributed by atoms with E-state index in [4.69, 9.17) is 9.84 Å². The lowest BCUT2D eigenvalue weighted by atomic mass is 10.2. The molecule has 0 saturated carbocycles. The first kappa shape index (κ1) is 13.1. The molecule has 0 aliphatic carbocycles. The van der Waals surface area contributed by atoms with Gasteiger partial charge < -0.3 is 9.84 Å². The average molecular weight is 288 g/mol. The Morgan fingerprint density at radius 3 is 2.86 bits per heavy atom. The lowest BCUT2D eigenvalue weighted by Gasteiger charge is -2.32. The summed E-state index contributed by atoms with van der Waals surface area (Å²) < 4.78 is 5.37. The van der Waals surface area contributed by atoms with Crippen LogP contribution in [-0.2, 0) is 4.79 Å². The maximum absolute atomic E-state index is 12.5. The van der Waals surface area contributed by atoms with Crippen LogP contribution in [0.25, 0.3) is 0 Å². The van der Waals surface area contributed by atoms with Gasteiger partial charge in [0.1, 0.15) is 11.6 Å². The molecular weight excluding hydrogens is 276 g/mol. The molecule has 8 nitrogen and oxygen atoms in total. The summed E-state index contributed by atoms with van der Waals surface area (Å²) in [4.78, 5) is 29.0. The number of benzene rings is 1. The van der Waals surface area contributed by atoms with Crippen molar-refractivity contribution in [3.05, 3.63) is 35.9 Å². The number of carbonyl (C=O) groups excluding carboxylic acids is 1. The van der Waals surface area contributed by atoms with Crippen molar-refractivity contribution in [3.8, 4) is 5.75 Å². The molecule has 1 amide bonds. The van der Waals surface area contributed by atoms with Gasteiger partial charge in [-0.05, 0) is 19.1 Å². The van der Waals surface area contributed by atoms with Crippen molar-refractivity contribution >= 4 is 17.6 Å². The normalized spacial score (nSPS) is 17.0. The van der Waals surface area contributed by atoms with E-state index >= 15 is 0 Å². The second-order valence-electron chi connectivity index (χ2n) is 4.57. The quantitative estimate of drug-likeness (QED) is 0.838. The Hall–Kier alpha value is -2.90. The zero-order chi connectivity index (χ0) is 15.0. The highest BCUT2D eigenvalue weighted by atomic mass is 16.5. The molecule has 0 bridgehead atoms. The fourth-order valence-electron chi connectivity index (χ4n) is 2.11. The summed E-state index contributed by atoms with van der Waals surface area (Å²) in [6.07, 6.45) is -1.12. The fraction of sp³-hybridized carbons (Fsp3) is 0.231. The molecule has 1 atom stereocenters. The van der Waals surface area contributed by atoms with Crippen LogP contribution in [0.1, 0.15) is 16.4 Å². The van der Waals surface area contributed by atoms with Gasteiger partial charge in [0.2, 0.25) is 11.9 Å². The summed E-state index contributed by atoms with van der Waals surface area (Å²) in [7, 11) is 0. The number of nitrogens with one attached hydrogen (secondary N) is 1. The van der Waals surface area contributed by atoms with Crippen LogP contribution < -0.4 is 9.64 Å². The molecule has 0 spiro atoms. The number of aryl methyl sites for hydroxylation is 1. The van der Waals surface area contributed by atoms with Crippen LogP contribution in [-0.4, -0.2) is 44.8 Å². The minimum atomic E-state index is -1.13. The number of carboxylic acid groups (broad SMARTS) is 1. The van der Waals surface area contributed by atoms with Crippen LogP contribution in [0.15, 0.2) is 24.3 Å². The summed E-state index contributed by atoms with van der Waals surface area (Å²) in [5, 5.41) is 15.5. The molecule has 0 saturated heterocycles. The molecule has 21 heavy (non-hydrogen) atoms. The van der Waals surface area contributed by atoms with Gasteiger partial charge in [0.15, 0.2) is 0 Å². The number of H-pyrrole nitrogens is 1. The number of nitrogens with zero attached hydrogens (tertiary/aromatic N) is 3.